The summed E-state index contributed by atoms with van der Waals surface area (Å²) >= 11 is 5.85. The molecule has 25 heavy (non-hydrogen) atoms. The smallest absolute Gasteiger partial charge is 0.244 e. The molecule has 0 aliphatic carbocycles. The summed E-state index contributed by atoms with van der Waals surface area (Å²) < 4.78 is 32.0. The van der Waals surface area contributed by atoms with Gasteiger partial charge in [-0.3, -0.25) is 4.79 Å². The van der Waals surface area contributed by atoms with Crippen molar-refractivity contribution in [3.8, 4) is 5.75 Å². The molecule has 0 aliphatic rings. The highest BCUT2D eigenvalue weighted by atomic mass is 35.5. The van der Waals surface area contributed by atoms with Crippen molar-refractivity contribution in [2.75, 3.05) is 13.7 Å². The van der Waals surface area contributed by atoms with Crippen molar-refractivity contribution in [2.24, 2.45) is 0 Å². The van der Waals surface area contributed by atoms with Crippen LogP contribution in [0.2, 0.25) is 5.02 Å². The first kappa shape index (κ1) is 19.2. The number of sulfonamides is 1. The van der Waals surface area contributed by atoms with Gasteiger partial charge in [0, 0.05) is 11.6 Å². The second-order valence-corrected chi connectivity index (χ2v) is 7.49. The van der Waals surface area contributed by atoms with E-state index in [9.17, 15) is 13.2 Å². The van der Waals surface area contributed by atoms with E-state index in [-0.39, 0.29) is 22.2 Å². The van der Waals surface area contributed by atoms with Gasteiger partial charge in [0.1, 0.15) is 10.6 Å². The molecule has 2 N–H and O–H groups in total. The minimum Gasteiger partial charge on any atom is -0.495 e. The molecule has 0 atom stereocenters. The van der Waals surface area contributed by atoms with Crippen LogP contribution in [0, 0.1) is 6.92 Å². The van der Waals surface area contributed by atoms with Gasteiger partial charge in [-0.1, -0.05) is 35.9 Å². The summed E-state index contributed by atoms with van der Waals surface area (Å²) in [7, 11) is -2.57. The van der Waals surface area contributed by atoms with Crippen molar-refractivity contribution >= 4 is 27.5 Å². The van der Waals surface area contributed by atoms with E-state index >= 15 is 0 Å². The molecule has 0 heterocycles. The summed E-state index contributed by atoms with van der Waals surface area (Å²) in [6.45, 7) is 1.88. The van der Waals surface area contributed by atoms with E-state index in [2.05, 4.69) is 10.0 Å². The minimum absolute atomic E-state index is 0.116. The van der Waals surface area contributed by atoms with E-state index in [4.69, 9.17) is 16.3 Å². The number of carbonyl (C=O) groups excluding carboxylic acids is 1. The normalized spacial score (nSPS) is 11.2. The van der Waals surface area contributed by atoms with E-state index in [1.54, 1.807) is 0 Å². The predicted octanol–water partition coefficient (Wildman–Crippen LogP) is 2.25. The number of halogens is 1. The standard InChI is InChI=1S/C17H19ClN2O4S/c1-12-5-3-4-6-13(12)10-19-17(21)11-20-25(22,23)16-9-14(18)7-8-15(16)24-2/h3-9,20H,10-11H2,1-2H3,(H,19,21). The highest BCUT2D eigenvalue weighted by Crippen LogP contribution is 2.26. The molecule has 0 saturated heterocycles. The lowest BCUT2D eigenvalue weighted by atomic mass is 10.1. The number of hydrogen-bond donors (Lipinski definition) is 2. The quantitative estimate of drug-likeness (QED) is 0.769. The number of benzene rings is 2. The molecule has 0 fully saturated rings. The maximum Gasteiger partial charge on any atom is 0.244 e. The van der Waals surface area contributed by atoms with Crippen LogP contribution >= 0.6 is 11.6 Å². The van der Waals surface area contributed by atoms with Gasteiger partial charge in [0.2, 0.25) is 15.9 Å². The fourth-order valence-corrected chi connectivity index (χ4v) is 3.58. The molecule has 2 rings (SSSR count). The minimum atomic E-state index is -3.93. The second-order valence-electron chi connectivity index (χ2n) is 5.32. The lowest BCUT2D eigenvalue weighted by molar-refractivity contribution is -0.120. The van der Waals surface area contributed by atoms with E-state index in [1.165, 1.54) is 25.3 Å². The Morgan fingerprint density at radius 3 is 2.60 bits per heavy atom. The molecule has 0 unspecified atom stereocenters. The first-order valence-electron chi connectivity index (χ1n) is 7.48. The Morgan fingerprint density at radius 2 is 1.92 bits per heavy atom. The van der Waals surface area contributed by atoms with Crippen LogP contribution in [-0.4, -0.2) is 28.0 Å². The van der Waals surface area contributed by atoms with E-state index < -0.39 is 15.9 Å². The molecule has 0 spiro atoms. The van der Waals surface area contributed by atoms with Gasteiger partial charge in [-0.25, -0.2) is 13.1 Å². The van der Waals surface area contributed by atoms with Crippen LogP contribution < -0.4 is 14.8 Å². The third-order valence-electron chi connectivity index (χ3n) is 3.58. The summed E-state index contributed by atoms with van der Waals surface area (Å²) in [4.78, 5) is 11.8. The van der Waals surface area contributed by atoms with Crippen LogP contribution in [0.3, 0.4) is 0 Å². The summed E-state index contributed by atoms with van der Waals surface area (Å²) in [5, 5.41) is 2.94. The molecule has 2 aromatic rings. The zero-order valence-corrected chi connectivity index (χ0v) is 15.4. The molecule has 134 valence electrons. The topological polar surface area (TPSA) is 84.5 Å². The molecule has 0 radical (unpaired) electrons. The van der Waals surface area contributed by atoms with Crippen LogP contribution in [0.15, 0.2) is 47.4 Å². The summed E-state index contributed by atoms with van der Waals surface area (Å²) in [6.07, 6.45) is 0. The highest BCUT2D eigenvalue weighted by molar-refractivity contribution is 7.89. The van der Waals surface area contributed by atoms with Crippen molar-refractivity contribution in [3.63, 3.8) is 0 Å². The third kappa shape index (κ3) is 5.19. The number of ether oxygens (including phenoxy) is 1. The predicted molar refractivity (Wildman–Crippen MR) is 96.2 cm³/mol. The molecule has 8 heteroatoms. The number of hydrogen-bond acceptors (Lipinski definition) is 4. The molecular formula is C17H19ClN2O4S. The molecule has 0 aromatic heterocycles. The van der Waals surface area contributed by atoms with Gasteiger partial charge in [-0.15, -0.1) is 0 Å². The Hall–Kier alpha value is -2.09. The highest BCUT2D eigenvalue weighted by Gasteiger charge is 2.20. The number of carbonyl (C=O) groups is 1. The number of methoxy groups -OCH3 is 1. The van der Waals surface area contributed by atoms with E-state index in [0.717, 1.165) is 11.1 Å². The average Bonchev–Trinajstić information content (AvgIpc) is 2.59. The van der Waals surface area contributed by atoms with E-state index in [1.807, 2.05) is 31.2 Å². The van der Waals surface area contributed by atoms with Crippen molar-refractivity contribution in [1.82, 2.24) is 10.0 Å². The van der Waals surface area contributed by atoms with Gasteiger partial charge in [-0.05, 0) is 36.2 Å². The van der Waals surface area contributed by atoms with Gasteiger partial charge in [0.05, 0.1) is 13.7 Å². The van der Waals surface area contributed by atoms with E-state index in [0.29, 0.717) is 6.54 Å². The lowest BCUT2D eigenvalue weighted by Gasteiger charge is -2.12. The first-order chi connectivity index (χ1) is 11.8. The Morgan fingerprint density at radius 1 is 1.20 bits per heavy atom. The summed E-state index contributed by atoms with van der Waals surface area (Å²) in [6, 6.07) is 11.9. The monoisotopic (exact) mass is 382 g/mol. The lowest BCUT2D eigenvalue weighted by Crippen LogP contribution is -2.36. The Kier molecular flexibility index (Phi) is 6.41. The van der Waals surface area contributed by atoms with Gasteiger partial charge in [0.15, 0.2) is 0 Å². The molecule has 6 nitrogen and oxygen atoms in total. The Balaban J connectivity index is 1.99. The largest absolute Gasteiger partial charge is 0.495 e. The fraction of sp³-hybridized carbons (Fsp3) is 0.235. The van der Waals surface area contributed by atoms with Crippen LogP contribution in [0.25, 0.3) is 0 Å². The van der Waals surface area contributed by atoms with Crippen LogP contribution in [0.5, 0.6) is 5.75 Å². The van der Waals surface area contributed by atoms with Crippen molar-refractivity contribution in [2.45, 2.75) is 18.4 Å². The number of amides is 1. The van der Waals surface area contributed by atoms with Gasteiger partial charge in [0.25, 0.3) is 0 Å². The van der Waals surface area contributed by atoms with Gasteiger partial charge >= 0.3 is 0 Å². The summed E-state index contributed by atoms with van der Waals surface area (Å²) in [5.41, 5.74) is 2.02. The second kappa shape index (κ2) is 8.33. The van der Waals surface area contributed by atoms with Crippen molar-refractivity contribution in [3.05, 3.63) is 58.6 Å². The maximum absolute atomic E-state index is 12.4. The first-order valence-corrected chi connectivity index (χ1v) is 9.34. The SMILES string of the molecule is COc1ccc(Cl)cc1S(=O)(=O)NCC(=O)NCc1ccccc1C. The van der Waals surface area contributed by atoms with Crippen LogP contribution in [-0.2, 0) is 21.4 Å². The zero-order valence-electron chi connectivity index (χ0n) is 13.9. The van der Waals surface area contributed by atoms with Gasteiger partial charge < -0.3 is 10.1 Å². The molecule has 0 aliphatic heterocycles. The van der Waals surface area contributed by atoms with Crippen molar-refractivity contribution < 1.29 is 17.9 Å². The average molecular weight is 383 g/mol. The molecule has 0 saturated carbocycles. The van der Waals surface area contributed by atoms with Gasteiger partial charge in [-0.2, -0.15) is 0 Å². The number of rotatable bonds is 7. The molecular weight excluding hydrogens is 364 g/mol. The van der Waals surface area contributed by atoms with Crippen LogP contribution in [0.1, 0.15) is 11.1 Å². The summed E-state index contributed by atoms with van der Waals surface area (Å²) in [5.74, 6) is -0.287. The Labute approximate surface area is 152 Å². The maximum atomic E-state index is 12.4. The Bertz CT molecular complexity index is 869. The molecule has 0 bridgehead atoms. The number of aryl methyl sites for hydroxylation is 1. The zero-order chi connectivity index (χ0) is 18.4. The molecule has 1 amide bonds. The third-order valence-corrected chi connectivity index (χ3v) is 5.23. The van der Waals surface area contributed by atoms with Crippen LogP contribution in [0.4, 0.5) is 0 Å². The van der Waals surface area contributed by atoms with Crippen molar-refractivity contribution in [1.29, 1.82) is 0 Å². The molecule has 2 aromatic carbocycles. The number of nitrogens with one attached hydrogen (secondary N) is 2. The fourth-order valence-electron chi connectivity index (χ4n) is 2.16.